The van der Waals surface area contributed by atoms with Crippen molar-refractivity contribution in [2.75, 3.05) is 19.8 Å². The zero-order chi connectivity index (χ0) is 38.2. The molecule has 3 atom stereocenters. The Labute approximate surface area is 318 Å². The zero-order valence-electron chi connectivity index (χ0n) is 33.0. The van der Waals surface area contributed by atoms with Gasteiger partial charge in [-0.15, -0.1) is 0 Å². The highest BCUT2D eigenvalue weighted by atomic mass is 31.2. The third-order valence-corrected chi connectivity index (χ3v) is 9.56. The van der Waals surface area contributed by atoms with Crippen LogP contribution in [-0.2, 0) is 18.4 Å². The monoisotopic (exact) mass is 749 g/mol. The summed E-state index contributed by atoms with van der Waals surface area (Å²) in [6.45, 7) is 4.03. The summed E-state index contributed by atoms with van der Waals surface area (Å²) in [7, 11) is -4.32. The maximum absolute atomic E-state index is 12.7. The number of hydrogen-bond donors (Lipinski definition) is 4. The number of carbonyl (C=O) groups is 1. The van der Waals surface area contributed by atoms with E-state index >= 15 is 0 Å². The van der Waals surface area contributed by atoms with E-state index in [9.17, 15) is 19.4 Å². The van der Waals surface area contributed by atoms with Gasteiger partial charge < -0.3 is 21.1 Å². The topological polar surface area (TPSA) is 131 Å². The number of rotatable bonds is 37. The van der Waals surface area contributed by atoms with Crippen molar-refractivity contribution in [2.24, 2.45) is 5.73 Å². The number of allylic oxidation sites excluding steroid dienone is 12. The van der Waals surface area contributed by atoms with E-state index in [1.807, 2.05) is 0 Å². The maximum Gasteiger partial charge on any atom is 0.472 e. The Morgan fingerprint density at radius 3 is 1.63 bits per heavy atom. The standard InChI is InChI=1S/C43H77N2O6P/c1-3-5-7-9-11-13-15-16-17-18-19-20-21-22-23-24-25-26-27-29-31-33-35-37-43(47)45-41(40-51-52(48,49)50-39-38-44)42(46)36-34-32-30-28-14-12-10-8-6-4-2/h5,7,11,13,16-17,19-20,22-23,25-26,41-42,46H,3-4,6,8-10,12,14-15,18,21,24,27-40,44H2,1-2H3,(H,45,47)(H,48,49)/b7-5-,13-11-,17-16-,20-19-,23-22-,26-25-. The van der Waals surface area contributed by atoms with Crippen LogP contribution in [0.15, 0.2) is 72.9 Å². The van der Waals surface area contributed by atoms with E-state index in [1.54, 1.807) is 0 Å². The fourth-order valence-electron chi connectivity index (χ4n) is 5.49. The van der Waals surface area contributed by atoms with E-state index in [1.165, 1.54) is 44.9 Å². The second-order valence-corrected chi connectivity index (χ2v) is 14.9. The lowest BCUT2D eigenvalue weighted by molar-refractivity contribution is -0.123. The molecule has 0 radical (unpaired) electrons. The number of phosphoric acid groups is 1. The molecule has 3 unspecified atom stereocenters. The summed E-state index contributed by atoms with van der Waals surface area (Å²) in [4.78, 5) is 22.6. The van der Waals surface area contributed by atoms with Crippen LogP contribution in [0.25, 0.3) is 0 Å². The molecule has 0 rings (SSSR count). The Hall–Kier alpha value is -2.06. The van der Waals surface area contributed by atoms with Crippen LogP contribution in [0.5, 0.6) is 0 Å². The van der Waals surface area contributed by atoms with Crippen LogP contribution in [0.4, 0.5) is 0 Å². The number of amides is 1. The number of nitrogens with two attached hydrogens (primary N) is 1. The minimum absolute atomic E-state index is 0.0802. The van der Waals surface area contributed by atoms with Crippen molar-refractivity contribution in [2.45, 2.75) is 174 Å². The van der Waals surface area contributed by atoms with Crippen molar-refractivity contribution in [3.05, 3.63) is 72.9 Å². The van der Waals surface area contributed by atoms with Crippen molar-refractivity contribution in [3.8, 4) is 0 Å². The van der Waals surface area contributed by atoms with Gasteiger partial charge in [0, 0.05) is 13.0 Å². The number of unbranched alkanes of at least 4 members (excludes halogenated alkanes) is 13. The summed E-state index contributed by atoms with van der Waals surface area (Å²) < 4.78 is 22.1. The van der Waals surface area contributed by atoms with E-state index in [-0.39, 0.29) is 25.7 Å². The molecule has 0 fully saturated rings. The zero-order valence-corrected chi connectivity index (χ0v) is 33.9. The van der Waals surface area contributed by atoms with Crippen LogP contribution in [0.3, 0.4) is 0 Å². The fraction of sp³-hybridized carbons (Fsp3) is 0.698. The second-order valence-electron chi connectivity index (χ2n) is 13.5. The molecule has 0 saturated heterocycles. The van der Waals surface area contributed by atoms with Crippen molar-refractivity contribution >= 4 is 13.7 Å². The van der Waals surface area contributed by atoms with Gasteiger partial charge in [0.05, 0.1) is 25.4 Å². The molecule has 52 heavy (non-hydrogen) atoms. The summed E-state index contributed by atoms with van der Waals surface area (Å²) >= 11 is 0. The lowest BCUT2D eigenvalue weighted by atomic mass is 10.0. The Morgan fingerprint density at radius 2 is 1.12 bits per heavy atom. The molecule has 300 valence electrons. The SMILES string of the molecule is CC/C=C\C/C=C\C/C=C\C/C=C\C/C=C\C/C=C\CCCCCCC(=O)NC(COP(=O)(O)OCCN)C(O)CCCCCCCCCCCC. The van der Waals surface area contributed by atoms with E-state index in [2.05, 4.69) is 92.1 Å². The molecular formula is C43H77N2O6P. The predicted molar refractivity (Wildman–Crippen MR) is 221 cm³/mol. The van der Waals surface area contributed by atoms with E-state index in [0.29, 0.717) is 12.8 Å². The lowest BCUT2D eigenvalue weighted by Gasteiger charge is -2.25. The average Bonchev–Trinajstić information content (AvgIpc) is 3.13. The minimum Gasteiger partial charge on any atom is -0.391 e. The third-order valence-electron chi connectivity index (χ3n) is 8.57. The van der Waals surface area contributed by atoms with Gasteiger partial charge in [0.25, 0.3) is 0 Å². The smallest absolute Gasteiger partial charge is 0.391 e. The first-order valence-corrected chi connectivity index (χ1v) is 22.0. The maximum atomic E-state index is 12.7. The molecule has 0 aliphatic heterocycles. The Bertz CT molecular complexity index is 1040. The van der Waals surface area contributed by atoms with Gasteiger partial charge in [-0.25, -0.2) is 4.57 Å². The third kappa shape index (κ3) is 36.3. The molecule has 0 saturated carbocycles. The summed E-state index contributed by atoms with van der Waals surface area (Å²) in [6.07, 6.45) is 49.1. The molecule has 0 heterocycles. The first kappa shape index (κ1) is 49.9. The minimum atomic E-state index is -4.32. The molecule has 0 aliphatic carbocycles. The van der Waals surface area contributed by atoms with Gasteiger partial charge in [0.2, 0.25) is 5.91 Å². The van der Waals surface area contributed by atoms with Crippen molar-refractivity contribution in [3.63, 3.8) is 0 Å². The van der Waals surface area contributed by atoms with Gasteiger partial charge in [-0.1, -0.05) is 164 Å². The first-order valence-electron chi connectivity index (χ1n) is 20.6. The molecule has 0 aromatic heterocycles. The second kappa shape index (κ2) is 38.7. The fourth-order valence-corrected chi connectivity index (χ4v) is 6.25. The summed E-state index contributed by atoms with van der Waals surface area (Å²) in [6, 6.07) is -0.791. The largest absolute Gasteiger partial charge is 0.472 e. The molecule has 5 N–H and O–H groups in total. The van der Waals surface area contributed by atoms with Gasteiger partial charge in [0.1, 0.15) is 0 Å². The molecule has 8 nitrogen and oxygen atoms in total. The summed E-state index contributed by atoms with van der Waals surface area (Å²) in [5, 5.41) is 13.7. The van der Waals surface area contributed by atoms with Gasteiger partial charge in [-0.2, -0.15) is 0 Å². The highest BCUT2D eigenvalue weighted by Crippen LogP contribution is 2.43. The quantitative estimate of drug-likeness (QED) is 0.0282. The van der Waals surface area contributed by atoms with Gasteiger partial charge in [0.15, 0.2) is 0 Å². The number of phosphoric ester groups is 1. The molecule has 0 spiro atoms. The highest BCUT2D eigenvalue weighted by molar-refractivity contribution is 7.47. The van der Waals surface area contributed by atoms with E-state index in [4.69, 9.17) is 14.8 Å². The van der Waals surface area contributed by atoms with Crippen LogP contribution in [-0.4, -0.2) is 47.8 Å². The number of aliphatic hydroxyl groups is 1. The molecule has 9 heteroatoms. The Balaban J connectivity index is 4.21. The van der Waals surface area contributed by atoms with Crippen LogP contribution in [0, 0.1) is 0 Å². The van der Waals surface area contributed by atoms with Crippen molar-refractivity contribution in [1.82, 2.24) is 5.32 Å². The Kier molecular flexibility index (Phi) is 37.1. The Morgan fingerprint density at radius 1 is 0.654 bits per heavy atom. The van der Waals surface area contributed by atoms with Crippen LogP contribution in [0.1, 0.15) is 162 Å². The molecular weight excluding hydrogens is 671 g/mol. The number of carbonyl (C=O) groups excluding carboxylic acids is 1. The highest BCUT2D eigenvalue weighted by Gasteiger charge is 2.27. The number of nitrogens with one attached hydrogen (secondary N) is 1. The van der Waals surface area contributed by atoms with E-state index in [0.717, 1.165) is 89.9 Å². The van der Waals surface area contributed by atoms with Crippen LogP contribution < -0.4 is 11.1 Å². The first-order chi connectivity index (χ1) is 25.4. The molecule has 0 aromatic carbocycles. The van der Waals surface area contributed by atoms with Gasteiger partial charge in [-0.05, 0) is 64.2 Å². The summed E-state index contributed by atoms with van der Waals surface area (Å²) in [5.41, 5.74) is 5.36. The van der Waals surface area contributed by atoms with Crippen molar-refractivity contribution in [1.29, 1.82) is 0 Å². The van der Waals surface area contributed by atoms with Gasteiger partial charge >= 0.3 is 7.82 Å². The lowest BCUT2D eigenvalue weighted by Crippen LogP contribution is -2.46. The normalized spacial score (nSPS) is 14.9. The predicted octanol–water partition coefficient (Wildman–Crippen LogP) is 11.3. The van der Waals surface area contributed by atoms with Crippen molar-refractivity contribution < 1.29 is 28.4 Å². The number of aliphatic hydroxyl groups excluding tert-OH is 1. The number of hydrogen-bond acceptors (Lipinski definition) is 6. The van der Waals surface area contributed by atoms with Crippen LogP contribution >= 0.6 is 7.82 Å². The molecule has 1 amide bonds. The van der Waals surface area contributed by atoms with Gasteiger partial charge in [-0.3, -0.25) is 13.8 Å². The molecule has 0 aliphatic rings. The van der Waals surface area contributed by atoms with Crippen LogP contribution in [0.2, 0.25) is 0 Å². The molecule has 0 bridgehead atoms. The molecule has 0 aromatic rings. The van der Waals surface area contributed by atoms with E-state index < -0.39 is 20.0 Å². The average molecular weight is 749 g/mol. The summed E-state index contributed by atoms with van der Waals surface area (Å²) in [5.74, 6) is -0.191.